The quantitative estimate of drug-likeness (QED) is 0.617. The fourth-order valence-electron chi connectivity index (χ4n) is 2.09. The van der Waals surface area contributed by atoms with Crippen molar-refractivity contribution in [3.8, 4) is 5.75 Å². The highest BCUT2D eigenvalue weighted by molar-refractivity contribution is 7.80. The molecule has 5 heteroatoms. The van der Waals surface area contributed by atoms with Crippen LogP contribution >= 0.6 is 12.2 Å². The zero-order valence-corrected chi connectivity index (χ0v) is 10.5. The van der Waals surface area contributed by atoms with Crippen molar-refractivity contribution in [2.45, 2.75) is 19.3 Å². The van der Waals surface area contributed by atoms with Gasteiger partial charge in [-0.2, -0.15) is 5.10 Å². The van der Waals surface area contributed by atoms with Crippen LogP contribution in [0.1, 0.15) is 24.0 Å². The summed E-state index contributed by atoms with van der Waals surface area (Å²) in [6.07, 6.45) is 3.04. The summed E-state index contributed by atoms with van der Waals surface area (Å²) in [4.78, 5) is 0. The summed E-state index contributed by atoms with van der Waals surface area (Å²) in [6.45, 7) is 0. The Bertz CT molecular complexity index is 457. The molecular weight excluding hydrogens is 234 g/mol. The van der Waals surface area contributed by atoms with Crippen molar-refractivity contribution in [2.24, 2.45) is 10.8 Å². The lowest BCUT2D eigenvalue weighted by Gasteiger charge is -2.20. The number of rotatable bonds is 2. The van der Waals surface area contributed by atoms with Gasteiger partial charge in [-0.1, -0.05) is 12.1 Å². The number of thiocarbonyl (C=S) groups is 1. The molecule has 3 N–H and O–H groups in total. The molecule has 0 unspecified atom stereocenters. The summed E-state index contributed by atoms with van der Waals surface area (Å²) in [5, 5.41) is 4.43. The minimum Gasteiger partial charge on any atom is -0.496 e. The van der Waals surface area contributed by atoms with E-state index in [9.17, 15) is 0 Å². The number of nitrogens with one attached hydrogen (secondary N) is 1. The molecule has 0 fully saturated rings. The molecule has 90 valence electrons. The highest BCUT2D eigenvalue weighted by Gasteiger charge is 2.19. The topological polar surface area (TPSA) is 59.6 Å². The van der Waals surface area contributed by atoms with E-state index in [2.05, 4.69) is 16.6 Å². The molecule has 1 aromatic rings. The Balaban J connectivity index is 2.41. The number of nitrogens with two attached hydrogens (primary N) is 1. The summed E-state index contributed by atoms with van der Waals surface area (Å²) in [6, 6.07) is 6.05. The van der Waals surface area contributed by atoms with Gasteiger partial charge in [-0.15, -0.1) is 0 Å². The molecule has 1 aromatic carbocycles. The van der Waals surface area contributed by atoms with Gasteiger partial charge in [0.05, 0.1) is 12.8 Å². The van der Waals surface area contributed by atoms with Gasteiger partial charge in [0.1, 0.15) is 5.75 Å². The lowest BCUT2D eigenvalue weighted by Crippen LogP contribution is -2.26. The number of hydrogen-bond acceptors (Lipinski definition) is 3. The first-order valence-electron chi connectivity index (χ1n) is 5.50. The van der Waals surface area contributed by atoms with E-state index in [1.807, 2.05) is 12.1 Å². The maximum absolute atomic E-state index is 5.38. The first kappa shape index (κ1) is 11.9. The van der Waals surface area contributed by atoms with Gasteiger partial charge < -0.3 is 10.5 Å². The third-order valence-corrected chi connectivity index (χ3v) is 2.87. The van der Waals surface area contributed by atoms with Crippen molar-refractivity contribution in [1.29, 1.82) is 0 Å². The summed E-state index contributed by atoms with van der Waals surface area (Å²) >= 11 is 4.75. The molecule has 0 aliphatic heterocycles. The highest BCUT2D eigenvalue weighted by atomic mass is 32.1. The fourth-order valence-corrected chi connectivity index (χ4v) is 2.13. The Labute approximate surface area is 106 Å². The smallest absolute Gasteiger partial charge is 0.184 e. The number of fused-ring (bicyclic) bond motifs is 1. The molecule has 17 heavy (non-hydrogen) atoms. The number of methoxy groups -OCH3 is 1. The van der Waals surface area contributed by atoms with E-state index in [1.165, 1.54) is 5.56 Å². The van der Waals surface area contributed by atoms with Crippen LogP contribution in [0, 0.1) is 0 Å². The molecule has 0 bridgehead atoms. The van der Waals surface area contributed by atoms with Crippen molar-refractivity contribution < 1.29 is 4.74 Å². The zero-order valence-electron chi connectivity index (χ0n) is 9.69. The van der Waals surface area contributed by atoms with E-state index in [0.717, 1.165) is 36.3 Å². The van der Waals surface area contributed by atoms with E-state index in [-0.39, 0.29) is 5.11 Å². The van der Waals surface area contributed by atoms with Crippen molar-refractivity contribution in [2.75, 3.05) is 7.11 Å². The maximum Gasteiger partial charge on any atom is 0.184 e. The standard InChI is InChI=1S/C12H15N3OS/c1-16-10-7-3-5-8-4-2-6-9(11(8)10)14-15-12(13)17/h3,5,7H,2,4,6H2,1H3,(H3,13,15,17)/b14-9+. The van der Waals surface area contributed by atoms with Crippen molar-refractivity contribution in [1.82, 2.24) is 5.43 Å². The Morgan fingerprint density at radius 2 is 2.29 bits per heavy atom. The van der Waals surface area contributed by atoms with E-state index >= 15 is 0 Å². The normalized spacial score (nSPS) is 16.4. The number of aryl methyl sites for hydroxylation is 1. The van der Waals surface area contributed by atoms with Gasteiger partial charge in [0, 0.05) is 5.56 Å². The van der Waals surface area contributed by atoms with Gasteiger partial charge in [-0.05, 0) is 43.1 Å². The maximum atomic E-state index is 5.38. The monoisotopic (exact) mass is 249 g/mol. The minimum atomic E-state index is 0.180. The molecule has 0 aromatic heterocycles. The molecule has 0 amide bonds. The average Bonchev–Trinajstić information content (AvgIpc) is 2.35. The van der Waals surface area contributed by atoms with Crippen LogP contribution in [0.2, 0.25) is 0 Å². The van der Waals surface area contributed by atoms with E-state index < -0.39 is 0 Å². The van der Waals surface area contributed by atoms with Gasteiger partial charge in [0.15, 0.2) is 5.11 Å². The van der Waals surface area contributed by atoms with Crippen LogP contribution < -0.4 is 15.9 Å². The first-order valence-corrected chi connectivity index (χ1v) is 5.91. The van der Waals surface area contributed by atoms with Crippen LogP contribution in [0.3, 0.4) is 0 Å². The number of ether oxygens (including phenoxy) is 1. The predicted octanol–water partition coefficient (Wildman–Crippen LogP) is 1.57. The highest BCUT2D eigenvalue weighted by Crippen LogP contribution is 2.29. The number of nitrogens with zero attached hydrogens (tertiary/aromatic N) is 1. The molecule has 4 nitrogen and oxygen atoms in total. The van der Waals surface area contributed by atoms with Gasteiger partial charge >= 0.3 is 0 Å². The van der Waals surface area contributed by atoms with Gasteiger partial charge in [-0.3, -0.25) is 5.43 Å². The molecule has 0 atom stereocenters. The zero-order chi connectivity index (χ0) is 12.3. The predicted molar refractivity (Wildman–Crippen MR) is 72.4 cm³/mol. The second-order valence-electron chi connectivity index (χ2n) is 3.88. The van der Waals surface area contributed by atoms with E-state index in [0.29, 0.717) is 0 Å². The summed E-state index contributed by atoms with van der Waals surface area (Å²) in [5.74, 6) is 0.852. The minimum absolute atomic E-state index is 0.180. The third kappa shape index (κ3) is 2.55. The molecule has 2 rings (SSSR count). The van der Waals surface area contributed by atoms with Crippen LogP contribution in [-0.2, 0) is 6.42 Å². The number of benzene rings is 1. The van der Waals surface area contributed by atoms with Gasteiger partial charge in [0.25, 0.3) is 0 Å². The molecule has 0 saturated carbocycles. The second-order valence-corrected chi connectivity index (χ2v) is 4.32. The number of hydrogen-bond donors (Lipinski definition) is 2. The largest absolute Gasteiger partial charge is 0.496 e. The van der Waals surface area contributed by atoms with Crippen LogP contribution in [0.25, 0.3) is 0 Å². The van der Waals surface area contributed by atoms with Crippen LogP contribution in [0.5, 0.6) is 5.75 Å². The fraction of sp³-hybridized carbons (Fsp3) is 0.333. The molecule has 0 spiro atoms. The number of hydrazone groups is 1. The average molecular weight is 249 g/mol. The first-order chi connectivity index (χ1) is 8.22. The van der Waals surface area contributed by atoms with Crippen molar-refractivity contribution in [3.05, 3.63) is 29.3 Å². The Morgan fingerprint density at radius 3 is 3.00 bits per heavy atom. The van der Waals surface area contributed by atoms with Gasteiger partial charge in [-0.25, -0.2) is 0 Å². The molecule has 0 saturated heterocycles. The van der Waals surface area contributed by atoms with Crippen LogP contribution in [-0.4, -0.2) is 17.9 Å². The second kappa shape index (κ2) is 5.14. The molecule has 0 heterocycles. The molecule has 1 aliphatic rings. The van der Waals surface area contributed by atoms with Crippen LogP contribution in [0.4, 0.5) is 0 Å². The SMILES string of the molecule is COc1cccc2c1/C(=N/NC(N)=S)CCC2. The van der Waals surface area contributed by atoms with Gasteiger partial charge in [0.2, 0.25) is 0 Å². The lowest BCUT2D eigenvalue weighted by atomic mass is 9.89. The summed E-state index contributed by atoms with van der Waals surface area (Å²) in [7, 11) is 1.67. The Morgan fingerprint density at radius 1 is 1.47 bits per heavy atom. The molecule has 1 aliphatic carbocycles. The Kier molecular flexibility index (Phi) is 3.58. The van der Waals surface area contributed by atoms with Crippen molar-refractivity contribution in [3.63, 3.8) is 0 Å². The summed E-state index contributed by atoms with van der Waals surface area (Å²) < 4.78 is 5.38. The molecular formula is C12H15N3OS. The third-order valence-electron chi connectivity index (χ3n) is 2.78. The Hall–Kier alpha value is -1.62. The lowest BCUT2D eigenvalue weighted by molar-refractivity contribution is 0.412. The van der Waals surface area contributed by atoms with Crippen LogP contribution in [0.15, 0.2) is 23.3 Å². The summed E-state index contributed by atoms with van der Waals surface area (Å²) in [5.41, 5.74) is 11.3. The van der Waals surface area contributed by atoms with Crippen molar-refractivity contribution >= 4 is 23.0 Å². The molecule has 0 radical (unpaired) electrons. The van der Waals surface area contributed by atoms with E-state index in [1.54, 1.807) is 7.11 Å². The van der Waals surface area contributed by atoms with E-state index in [4.69, 9.17) is 22.7 Å².